The van der Waals surface area contributed by atoms with Crippen LogP contribution in [0.3, 0.4) is 0 Å². The van der Waals surface area contributed by atoms with Gasteiger partial charge in [-0.05, 0) is 37.5 Å². The summed E-state index contributed by atoms with van der Waals surface area (Å²) in [6, 6.07) is 9.18. The van der Waals surface area contributed by atoms with Crippen LogP contribution in [0.15, 0.2) is 24.3 Å². The van der Waals surface area contributed by atoms with E-state index in [1.165, 1.54) is 24.1 Å². The van der Waals surface area contributed by atoms with Crippen molar-refractivity contribution in [3.05, 3.63) is 29.8 Å². The molecule has 4 heteroatoms. The van der Waals surface area contributed by atoms with Crippen molar-refractivity contribution in [2.75, 3.05) is 44.2 Å². The number of nitrogens with zero attached hydrogens (tertiary/aromatic N) is 2. The van der Waals surface area contributed by atoms with Crippen molar-refractivity contribution in [1.82, 2.24) is 4.90 Å². The Hall–Kier alpha value is -1.10. The third-order valence-electron chi connectivity index (χ3n) is 4.79. The Morgan fingerprint density at radius 2 is 2.10 bits per heavy atom. The molecule has 2 aliphatic rings. The van der Waals surface area contributed by atoms with Crippen molar-refractivity contribution in [2.24, 2.45) is 5.73 Å². The predicted molar refractivity (Wildman–Crippen MR) is 86.8 cm³/mol. The van der Waals surface area contributed by atoms with Crippen molar-refractivity contribution in [1.29, 1.82) is 0 Å². The van der Waals surface area contributed by atoms with Gasteiger partial charge in [0.1, 0.15) is 0 Å². The van der Waals surface area contributed by atoms with E-state index >= 15 is 0 Å². The van der Waals surface area contributed by atoms with E-state index in [9.17, 15) is 0 Å². The molecule has 21 heavy (non-hydrogen) atoms. The second-order valence-corrected chi connectivity index (χ2v) is 6.22. The summed E-state index contributed by atoms with van der Waals surface area (Å²) in [5.74, 6) is 0. The second kappa shape index (κ2) is 6.77. The topological polar surface area (TPSA) is 41.7 Å². The molecule has 1 aromatic carbocycles. The molecule has 0 bridgehead atoms. The lowest BCUT2D eigenvalue weighted by molar-refractivity contribution is 0.0250. The minimum atomic E-state index is 0.348. The molecule has 0 amide bonds. The number of ether oxygens (including phenoxy) is 1. The number of rotatable bonds is 4. The monoisotopic (exact) mass is 289 g/mol. The van der Waals surface area contributed by atoms with Gasteiger partial charge < -0.3 is 15.4 Å². The van der Waals surface area contributed by atoms with Gasteiger partial charge in [-0.25, -0.2) is 0 Å². The Morgan fingerprint density at radius 3 is 2.71 bits per heavy atom. The molecule has 0 radical (unpaired) electrons. The normalized spacial score (nSPS) is 25.2. The number of piperazine rings is 1. The van der Waals surface area contributed by atoms with E-state index in [0.29, 0.717) is 18.7 Å². The average molecular weight is 289 g/mol. The van der Waals surface area contributed by atoms with E-state index in [0.717, 1.165) is 32.8 Å². The third-order valence-corrected chi connectivity index (χ3v) is 4.79. The van der Waals surface area contributed by atoms with E-state index < -0.39 is 0 Å². The molecule has 4 nitrogen and oxygen atoms in total. The summed E-state index contributed by atoms with van der Waals surface area (Å²) in [5, 5.41) is 0. The molecule has 3 rings (SSSR count). The van der Waals surface area contributed by atoms with E-state index in [1.807, 2.05) is 0 Å². The van der Waals surface area contributed by atoms with Crippen LogP contribution in [0.5, 0.6) is 0 Å². The lowest BCUT2D eigenvalue weighted by Gasteiger charge is -2.41. The Labute approximate surface area is 127 Å². The van der Waals surface area contributed by atoms with E-state index in [4.69, 9.17) is 10.5 Å². The maximum absolute atomic E-state index is 6.01. The molecule has 0 aliphatic carbocycles. The molecule has 2 heterocycles. The lowest BCUT2D eigenvalue weighted by atomic mass is 10.1. The second-order valence-electron chi connectivity index (χ2n) is 6.22. The standard InChI is InChI=1S/C17H27N3O/c1-14-4-2-5-15(12-14)19-7-9-20(10-8-19)16(13-18)17-6-3-11-21-17/h2,4-5,12,16-17H,3,6-11,13,18H2,1H3. The molecule has 116 valence electrons. The fourth-order valence-corrected chi connectivity index (χ4v) is 3.58. The summed E-state index contributed by atoms with van der Waals surface area (Å²) in [4.78, 5) is 5.01. The van der Waals surface area contributed by atoms with Crippen LogP contribution in [-0.2, 0) is 4.74 Å². The fraction of sp³-hybridized carbons (Fsp3) is 0.647. The summed E-state index contributed by atoms with van der Waals surface area (Å²) in [6.45, 7) is 8.08. The molecule has 2 N–H and O–H groups in total. The SMILES string of the molecule is Cc1cccc(N2CCN(C(CN)C3CCCO3)CC2)c1. The fourth-order valence-electron chi connectivity index (χ4n) is 3.58. The van der Waals surface area contributed by atoms with E-state index in [1.54, 1.807) is 0 Å². The van der Waals surface area contributed by atoms with Gasteiger partial charge in [-0.2, -0.15) is 0 Å². The van der Waals surface area contributed by atoms with Crippen LogP contribution < -0.4 is 10.6 Å². The van der Waals surface area contributed by atoms with Gasteiger partial charge in [-0.3, -0.25) is 4.90 Å². The quantitative estimate of drug-likeness (QED) is 0.914. The molecular weight excluding hydrogens is 262 g/mol. The van der Waals surface area contributed by atoms with Crippen LogP contribution in [0.25, 0.3) is 0 Å². The zero-order valence-electron chi connectivity index (χ0n) is 13.0. The Bertz CT molecular complexity index is 451. The smallest absolute Gasteiger partial charge is 0.0743 e. The number of aryl methyl sites for hydroxylation is 1. The Kier molecular flexibility index (Phi) is 4.78. The molecule has 0 aromatic heterocycles. The van der Waals surface area contributed by atoms with Gasteiger partial charge in [0, 0.05) is 51.1 Å². The zero-order valence-corrected chi connectivity index (χ0v) is 13.0. The first-order chi connectivity index (χ1) is 10.3. The Morgan fingerprint density at radius 1 is 1.29 bits per heavy atom. The summed E-state index contributed by atoms with van der Waals surface area (Å²) in [6.07, 6.45) is 2.70. The van der Waals surface area contributed by atoms with Gasteiger partial charge in [0.05, 0.1) is 6.10 Å². The molecule has 2 fully saturated rings. The van der Waals surface area contributed by atoms with Crippen molar-refractivity contribution in [3.8, 4) is 0 Å². The summed E-state index contributed by atoms with van der Waals surface area (Å²) in [5.41, 5.74) is 8.69. The summed E-state index contributed by atoms with van der Waals surface area (Å²) in [7, 11) is 0. The van der Waals surface area contributed by atoms with E-state index in [-0.39, 0.29) is 0 Å². The molecule has 1 aromatic rings. The van der Waals surface area contributed by atoms with Crippen molar-refractivity contribution in [3.63, 3.8) is 0 Å². The van der Waals surface area contributed by atoms with Gasteiger partial charge >= 0.3 is 0 Å². The highest BCUT2D eigenvalue weighted by molar-refractivity contribution is 5.48. The molecular formula is C17H27N3O. The number of hydrogen-bond donors (Lipinski definition) is 1. The third kappa shape index (κ3) is 3.39. The maximum atomic E-state index is 6.01. The van der Waals surface area contributed by atoms with Crippen molar-refractivity contribution < 1.29 is 4.74 Å². The van der Waals surface area contributed by atoms with Gasteiger partial charge in [0.15, 0.2) is 0 Å². The predicted octanol–water partition coefficient (Wildman–Crippen LogP) is 1.62. The molecule has 0 spiro atoms. The zero-order chi connectivity index (χ0) is 14.7. The maximum Gasteiger partial charge on any atom is 0.0743 e. The van der Waals surface area contributed by atoms with E-state index in [2.05, 4.69) is 41.0 Å². The first-order valence-electron chi connectivity index (χ1n) is 8.15. The largest absolute Gasteiger partial charge is 0.377 e. The number of benzene rings is 1. The van der Waals surface area contributed by atoms with Crippen LogP contribution in [0.4, 0.5) is 5.69 Å². The van der Waals surface area contributed by atoms with Crippen LogP contribution >= 0.6 is 0 Å². The Balaban J connectivity index is 1.59. The number of hydrogen-bond acceptors (Lipinski definition) is 4. The number of anilines is 1. The van der Waals surface area contributed by atoms with Crippen molar-refractivity contribution >= 4 is 5.69 Å². The first kappa shape index (κ1) is 14.8. The molecule has 2 saturated heterocycles. The first-order valence-corrected chi connectivity index (χ1v) is 8.15. The highest BCUT2D eigenvalue weighted by atomic mass is 16.5. The van der Waals surface area contributed by atoms with Crippen molar-refractivity contribution in [2.45, 2.75) is 31.9 Å². The molecule has 0 saturated carbocycles. The average Bonchev–Trinajstić information content (AvgIpc) is 3.03. The van der Waals surface area contributed by atoms with Crippen LogP contribution in [-0.4, -0.2) is 56.4 Å². The minimum absolute atomic E-state index is 0.348. The summed E-state index contributed by atoms with van der Waals surface area (Å²) >= 11 is 0. The van der Waals surface area contributed by atoms with Gasteiger partial charge in [-0.1, -0.05) is 12.1 Å². The lowest BCUT2D eigenvalue weighted by Crippen LogP contribution is -2.56. The summed E-state index contributed by atoms with van der Waals surface area (Å²) < 4.78 is 5.85. The molecule has 2 atom stereocenters. The van der Waals surface area contributed by atoms with Gasteiger partial charge in [0.25, 0.3) is 0 Å². The highest BCUT2D eigenvalue weighted by Crippen LogP contribution is 2.22. The van der Waals surface area contributed by atoms with Crippen LogP contribution in [0.1, 0.15) is 18.4 Å². The van der Waals surface area contributed by atoms with Gasteiger partial charge in [0.2, 0.25) is 0 Å². The molecule has 2 unspecified atom stereocenters. The van der Waals surface area contributed by atoms with Gasteiger partial charge in [-0.15, -0.1) is 0 Å². The molecule has 2 aliphatic heterocycles. The minimum Gasteiger partial charge on any atom is -0.377 e. The number of nitrogens with two attached hydrogens (primary N) is 1. The van der Waals surface area contributed by atoms with Crippen LogP contribution in [0.2, 0.25) is 0 Å². The van der Waals surface area contributed by atoms with Crippen LogP contribution in [0, 0.1) is 6.92 Å². The highest BCUT2D eigenvalue weighted by Gasteiger charge is 2.31.